The maximum absolute atomic E-state index is 14.6. The molecule has 3 unspecified atom stereocenters. The quantitative estimate of drug-likeness (QED) is 0.414. The predicted molar refractivity (Wildman–Crippen MR) is 134 cm³/mol. The largest absolute Gasteiger partial charge is 0.481 e. The van der Waals surface area contributed by atoms with E-state index in [9.17, 15) is 14.3 Å². The average molecular weight is 460 g/mol. The fraction of sp³-hybridized carbons (Fsp3) is 0.759. The topological polar surface area (TPSA) is 40.5 Å². The molecule has 3 atom stereocenters. The van der Waals surface area contributed by atoms with E-state index in [1.165, 1.54) is 38.5 Å². The monoisotopic (exact) mass is 459 g/mol. The van der Waals surface area contributed by atoms with Gasteiger partial charge in [-0.1, -0.05) is 58.6 Å². The highest BCUT2D eigenvalue weighted by molar-refractivity contribution is 5.67. The fourth-order valence-corrected chi connectivity index (χ4v) is 6.34. The Kier molecular flexibility index (Phi) is 9.38. The molecule has 0 aromatic heterocycles. The van der Waals surface area contributed by atoms with Gasteiger partial charge < -0.3 is 5.11 Å². The smallest absolute Gasteiger partial charge is 0.303 e. The molecule has 0 aliphatic heterocycles. The van der Waals surface area contributed by atoms with Gasteiger partial charge in [0.05, 0.1) is 0 Å². The van der Waals surface area contributed by atoms with Crippen molar-refractivity contribution in [3.8, 4) is 0 Å². The third-order valence-electron chi connectivity index (χ3n) is 8.07. The lowest BCUT2D eigenvalue weighted by Crippen LogP contribution is -2.47. The first-order valence-corrected chi connectivity index (χ1v) is 13.4. The molecular weight excluding hydrogens is 413 g/mol. The van der Waals surface area contributed by atoms with Crippen LogP contribution in [0.5, 0.6) is 0 Å². The second-order valence-corrected chi connectivity index (χ2v) is 12.1. The Bertz CT molecular complexity index is 765. The number of halogens is 1. The Labute approximate surface area is 201 Å². The number of carbonyl (C=O) groups is 1. The van der Waals surface area contributed by atoms with E-state index >= 15 is 0 Å². The van der Waals surface area contributed by atoms with Crippen LogP contribution in [0.3, 0.4) is 0 Å². The number of carboxylic acids is 1. The first-order valence-electron chi connectivity index (χ1n) is 13.4. The van der Waals surface area contributed by atoms with Crippen LogP contribution in [-0.4, -0.2) is 35.1 Å². The zero-order chi connectivity index (χ0) is 24.0. The summed E-state index contributed by atoms with van der Waals surface area (Å²) in [5.41, 5.74) is 1.97. The molecule has 3 rings (SSSR count). The van der Waals surface area contributed by atoms with Crippen LogP contribution in [0.4, 0.5) is 4.39 Å². The number of carboxylic acid groups (broad SMARTS) is 1. The Hall–Kier alpha value is -1.42. The van der Waals surface area contributed by atoms with Crippen molar-refractivity contribution in [3.05, 3.63) is 35.1 Å². The molecule has 0 heterocycles. The van der Waals surface area contributed by atoms with Crippen molar-refractivity contribution in [1.29, 1.82) is 0 Å². The standard InChI is InChI=1S/C29H46FNO2/c1-21-14-15-24(18-25(21)30)28-23(19-27(32)33)12-8-13-26(28)31(17-9-16-29(2,3)4)20-22-10-6-5-7-11-22/h14-15,18,22-23,26,28H,5-13,16-17,19-20H2,1-4H3,(H,32,33). The van der Waals surface area contributed by atoms with Gasteiger partial charge in [-0.05, 0) is 86.4 Å². The van der Waals surface area contributed by atoms with Gasteiger partial charge in [-0.3, -0.25) is 9.69 Å². The van der Waals surface area contributed by atoms with Crippen LogP contribution in [0.1, 0.15) is 108 Å². The molecule has 1 aromatic carbocycles. The number of hydrogen-bond acceptors (Lipinski definition) is 2. The minimum absolute atomic E-state index is 0.0693. The molecule has 3 nitrogen and oxygen atoms in total. The summed E-state index contributed by atoms with van der Waals surface area (Å²) in [5, 5.41) is 9.66. The van der Waals surface area contributed by atoms with Crippen LogP contribution in [-0.2, 0) is 4.79 Å². The van der Waals surface area contributed by atoms with Crippen molar-refractivity contribution < 1.29 is 14.3 Å². The normalized spacial score (nSPS) is 24.8. The van der Waals surface area contributed by atoms with E-state index in [4.69, 9.17) is 0 Å². The molecule has 2 fully saturated rings. The fourth-order valence-electron chi connectivity index (χ4n) is 6.34. The van der Waals surface area contributed by atoms with E-state index in [1.54, 1.807) is 13.0 Å². The van der Waals surface area contributed by atoms with Gasteiger partial charge >= 0.3 is 5.97 Å². The minimum atomic E-state index is -0.732. The summed E-state index contributed by atoms with van der Waals surface area (Å²) >= 11 is 0. The van der Waals surface area contributed by atoms with Crippen LogP contribution in [0, 0.1) is 30.0 Å². The van der Waals surface area contributed by atoms with Gasteiger partial charge in [0.2, 0.25) is 0 Å². The molecule has 186 valence electrons. The van der Waals surface area contributed by atoms with Crippen molar-refractivity contribution >= 4 is 5.97 Å². The van der Waals surface area contributed by atoms with E-state index in [2.05, 4.69) is 31.7 Å². The lowest BCUT2D eigenvalue weighted by atomic mass is 9.70. The molecule has 0 bridgehead atoms. The third-order valence-corrected chi connectivity index (χ3v) is 8.07. The Balaban J connectivity index is 1.89. The number of nitrogens with zero attached hydrogens (tertiary/aromatic N) is 1. The average Bonchev–Trinajstić information content (AvgIpc) is 2.74. The summed E-state index contributed by atoms with van der Waals surface area (Å²) in [6.45, 7) is 10.9. The van der Waals surface area contributed by atoms with Crippen LogP contribution < -0.4 is 0 Å². The van der Waals surface area contributed by atoms with Crippen molar-refractivity contribution in [2.45, 2.75) is 110 Å². The molecule has 2 aliphatic carbocycles. The van der Waals surface area contributed by atoms with Crippen LogP contribution in [0.2, 0.25) is 0 Å². The van der Waals surface area contributed by atoms with Gasteiger partial charge in [-0.25, -0.2) is 4.39 Å². The molecule has 0 saturated heterocycles. The predicted octanol–water partition coefficient (Wildman–Crippen LogP) is 7.57. The highest BCUT2D eigenvalue weighted by Crippen LogP contribution is 2.43. The zero-order valence-electron chi connectivity index (χ0n) is 21.4. The van der Waals surface area contributed by atoms with Crippen molar-refractivity contribution in [2.24, 2.45) is 17.3 Å². The first kappa shape index (κ1) is 26.2. The SMILES string of the molecule is Cc1ccc(C2C(CC(=O)O)CCCC2N(CCCC(C)(C)C)CC2CCCCC2)cc1F. The second-order valence-electron chi connectivity index (χ2n) is 12.1. The van der Waals surface area contributed by atoms with E-state index in [1.807, 2.05) is 6.07 Å². The van der Waals surface area contributed by atoms with Crippen LogP contribution in [0.15, 0.2) is 18.2 Å². The number of hydrogen-bond donors (Lipinski definition) is 1. The molecule has 0 amide bonds. The lowest BCUT2D eigenvalue weighted by Gasteiger charge is -2.46. The van der Waals surface area contributed by atoms with Crippen molar-refractivity contribution in [2.75, 3.05) is 13.1 Å². The van der Waals surface area contributed by atoms with E-state index < -0.39 is 5.97 Å². The van der Waals surface area contributed by atoms with E-state index in [0.717, 1.165) is 50.3 Å². The number of benzene rings is 1. The van der Waals surface area contributed by atoms with Gasteiger partial charge in [0.15, 0.2) is 0 Å². The summed E-state index contributed by atoms with van der Waals surface area (Å²) in [6, 6.07) is 5.93. The Morgan fingerprint density at radius 3 is 2.45 bits per heavy atom. The van der Waals surface area contributed by atoms with Crippen LogP contribution in [0.25, 0.3) is 0 Å². The van der Waals surface area contributed by atoms with Crippen molar-refractivity contribution in [1.82, 2.24) is 4.90 Å². The van der Waals surface area contributed by atoms with Gasteiger partial charge in [0.25, 0.3) is 0 Å². The molecule has 2 aliphatic rings. The molecule has 1 aromatic rings. The molecule has 0 radical (unpaired) electrons. The summed E-state index contributed by atoms with van der Waals surface area (Å²) in [5.74, 6) is -0.00564. The maximum Gasteiger partial charge on any atom is 0.303 e. The second kappa shape index (κ2) is 11.8. The first-order chi connectivity index (χ1) is 15.6. The van der Waals surface area contributed by atoms with Crippen LogP contribution >= 0.6 is 0 Å². The zero-order valence-corrected chi connectivity index (χ0v) is 21.4. The van der Waals surface area contributed by atoms with Gasteiger partial charge in [0, 0.05) is 24.9 Å². The van der Waals surface area contributed by atoms with Gasteiger partial charge in [-0.2, -0.15) is 0 Å². The van der Waals surface area contributed by atoms with E-state index in [0.29, 0.717) is 17.0 Å². The summed E-state index contributed by atoms with van der Waals surface area (Å²) in [4.78, 5) is 14.5. The molecule has 1 N–H and O–H groups in total. The highest BCUT2D eigenvalue weighted by atomic mass is 19.1. The van der Waals surface area contributed by atoms with Gasteiger partial charge in [0.1, 0.15) is 5.82 Å². The van der Waals surface area contributed by atoms with E-state index in [-0.39, 0.29) is 24.1 Å². The molecule has 4 heteroatoms. The number of rotatable bonds is 9. The molecule has 2 saturated carbocycles. The molecule has 0 spiro atoms. The maximum atomic E-state index is 14.6. The molecule has 33 heavy (non-hydrogen) atoms. The number of aliphatic carboxylic acids is 1. The highest BCUT2D eigenvalue weighted by Gasteiger charge is 2.39. The Morgan fingerprint density at radius 2 is 1.82 bits per heavy atom. The Morgan fingerprint density at radius 1 is 1.09 bits per heavy atom. The minimum Gasteiger partial charge on any atom is -0.481 e. The molecular formula is C29H46FNO2. The third kappa shape index (κ3) is 7.80. The summed E-state index contributed by atoms with van der Waals surface area (Å²) in [7, 11) is 0. The summed E-state index contributed by atoms with van der Waals surface area (Å²) in [6.07, 6.45) is 12.2. The number of aryl methyl sites for hydroxylation is 1. The van der Waals surface area contributed by atoms with Gasteiger partial charge in [-0.15, -0.1) is 0 Å². The summed E-state index contributed by atoms with van der Waals surface area (Å²) < 4.78 is 14.6. The van der Waals surface area contributed by atoms with Crippen molar-refractivity contribution in [3.63, 3.8) is 0 Å². The lowest BCUT2D eigenvalue weighted by molar-refractivity contribution is -0.138.